The highest BCUT2D eigenvalue weighted by atomic mass is 79.9. The van der Waals surface area contributed by atoms with Gasteiger partial charge in [-0.1, -0.05) is 40.0 Å². The number of carbonyl (C=O) groups excluding carboxylic acids is 2. The van der Waals surface area contributed by atoms with E-state index in [1.54, 1.807) is 15.9 Å². The van der Waals surface area contributed by atoms with Crippen LogP contribution in [0, 0.1) is 5.92 Å². The van der Waals surface area contributed by atoms with Crippen LogP contribution in [-0.4, -0.2) is 51.4 Å². The number of halogens is 1. The molecule has 1 unspecified atom stereocenters. The lowest BCUT2D eigenvalue weighted by molar-refractivity contribution is -0.144. The Bertz CT molecular complexity index is 952. The molecule has 1 aromatic carbocycles. The average Bonchev–Trinajstić information content (AvgIpc) is 3.51. The maximum Gasteiger partial charge on any atom is 0.249 e. The van der Waals surface area contributed by atoms with Crippen LogP contribution < -0.4 is 0 Å². The lowest BCUT2D eigenvalue weighted by Gasteiger charge is -2.35. The first-order chi connectivity index (χ1) is 15.6. The van der Waals surface area contributed by atoms with E-state index in [1.807, 2.05) is 24.3 Å². The SMILES string of the molecule is C=CCN(CC(=O)N1CCCCC1c1nc(-c2ccc(Br)cc2)no1)C(=O)C1CCCC1. The summed E-state index contributed by atoms with van der Waals surface area (Å²) in [6.07, 6.45) is 8.36. The van der Waals surface area contributed by atoms with Gasteiger partial charge < -0.3 is 14.3 Å². The monoisotopic (exact) mass is 500 g/mol. The van der Waals surface area contributed by atoms with Gasteiger partial charge in [-0.2, -0.15) is 4.98 Å². The number of rotatable bonds is 7. The third-order valence-corrected chi connectivity index (χ3v) is 6.87. The summed E-state index contributed by atoms with van der Waals surface area (Å²) in [7, 11) is 0. The standard InChI is InChI=1S/C24H29BrN4O3/c1-2-14-28(24(31)18-7-3-4-8-18)16-21(30)29-15-6-5-9-20(29)23-26-22(27-32-23)17-10-12-19(25)13-11-17/h2,10-13,18,20H,1,3-9,14-16H2. The predicted molar refractivity (Wildman–Crippen MR) is 124 cm³/mol. The lowest BCUT2D eigenvalue weighted by Crippen LogP contribution is -2.47. The van der Waals surface area contributed by atoms with Gasteiger partial charge in [0.05, 0.1) is 0 Å². The summed E-state index contributed by atoms with van der Waals surface area (Å²) >= 11 is 3.43. The first-order valence-electron chi connectivity index (χ1n) is 11.4. The molecule has 0 bridgehead atoms. The van der Waals surface area contributed by atoms with Gasteiger partial charge in [-0.3, -0.25) is 9.59 Å². The summed E-state index contributed by atoms with van der Waals surface area (Å²) in [5, 5.41) is 4.14. The average molecular weight is 501 g/mol. The van der Waals surface area contributed by atoms with Crippen molar-refractivity contribution >= 4 is 27.7 Å². The van der Waals surface area contributed by atoms with Gasteiger partial charge in [-0.25, -0.2) is 0 Å². The van der Waals surface area contributed by atoms with Gasteiger partial charge in [0.15, 0.2) is 0 Å². The number of aromatic nitrogens is 2. The Morgan fingerprint density at radius 1 is 1.16 bits per heavy atom. The van der Waals surface area contributed by atoms with E-state index in [-0.39, 0.29) is 30.3 Å². The molecule has 1 aliphatic heterocycles. The smallest absolute Gasteiger partial charge is 0.249 e. The highest BCUT2D eigenvalue weighted by molar-refractivity contribution is 9.10. The molecule has 0 N–H and O–H groups in total. The molecule has 2 aromatic rings. The van der Waals surface area contributed by atoms with E-state index in [0.717, 1.165) is 55.0 Å². The third kappa shape index (κ3) is 5.11. The van der Waals surface area contributed by atoms with Crippen molar-refractivity contribution in [1.29, 1.82) is 0 Å². The number of benzene rings is 1. The summed E-state index contributed by atoms with van der Waals surface area (Å²) in [5.41, 5.74) is 0.858. The van der Waals surface area contributed by atoms with Crippen molar-refractivity contribution < 1.29 is 14.1 Å². The number of carbonyl (C=O) groups is 2. The van der Waals surface area contributed by atoms with E-state index in [1.165, 1.54) is 0 Å². The minimum Gasteiger partial charge on any atom is -0.337 e. The molecule has 0 spiro atoms. The largest absolute Gasteiger partial charge is 0.337 e. The number of nitrogens with zero attached hydrogens (tertiary/aromatic N) is 4. The van der Waals surface area contributed by atoms with Crippen LogP contribution in [0.5, 0.6) is 0 Å². The number of hydrogen-bond donors (Lipinski definition) is 0. The summed E-state index contributed by atoms with van der Waals surface area (Å²) in [4.78, 5) is 34.3. The molecule has 0 radical (unpaired) electrons. The van der Waals surface area contributed by atoms with Gasteiger partial charge in [0, 0.05) is 29.0 Å². The fourth-order valence-corrected chi connectivity index (χ4v) is 4.91. The fourth-order valence-electron chi connectivity index (χ4n) is 4.65. The van der Waals surface area contributed by atoms with Gasteiger partial charge in [-0.15, -0.1) is 6.58 Å². The van der Waals surface area contributed by atoms with Crippen molar-refractivity contribution in [3.63, 3.8) is 0 Å². The molecule has 2 amide bonds. The molecule has 1 aliphatic carbocycles. The number of piperidine rings is 1. The minimum atomic E-state index is -0.264. The Labute approximate surface area is 197 Å². The van der Waals surface area contributed by atoms with Crippen LogP contribution in [0.2, 0.25) is 0 Å². The van der Waals surface area contributed by atoms with Gasteiger partial charge in [-0.05, 0) is 56.4 Å². The molecule has 2 aliphatic rings. The molecule has 32 heavy (non-hydrogen) atoms. The fraction of sp³-hybridized carbons (Fsp3) is 0.500. The van der Waals surface area contributed by atoms with E-state index in [2.05, 4.69) is 32.6 Å². The summed E-state index contributed by atoms with van der Waals surface area (Å²) < 4.78 is 6.56. The van der Waals surface area contributed by atoms with E-state index < -0.39 is 0 Å². The van der Waals surface area contributed by atoms with Crippen molar-refractivity contribution in [1.82, 2.24) is 19.9 Å². The van der Waals surface area contributed by atoms with Crippen LogP contribution in [0.3, 0.4) is 0 Å². The predicted octanol–water partition coefficient (Wildman–Crippen LogP) is 4.76. The van der Waals surface area contributed by atoms with Gasteiger partial charge in [0.1, 0.15) is 12.6 Å². The van der Waals surface area contributed by atoms with E-state index in [9.17, 15) is 9.59 Å². The highest BCUT2D eigenvalue weighted by Crippen LogP contribution is 2.32. The zero-order valence-electron chi connectivity index (χ0n) is 18.2. The lowest BCUT2D eigenvalue weighted by atomic mass is 10.0. The van der Waals surface area contributed by atoms with Crippen LogP contribution in [0.1, 0.15) is 56.9 Å². The summed E-state index contributed by atoms with van der Waals surface area (Å²) in [6.45, 7) is 4.84. The molecule has 1 aromatic heterocycles. The molecular weight excluding hydrogens is 472 g/mol. The second-order valence-corrected chi connectivity index (χ2v) is 9.47. The Morgan fingerprint density at radius 3 is 2.59 bits per heavy atom. The highest BCUT2D eigenvalue weighted by Gasteiger charge is 2.34. The molecule has 1 saturated carbocycles. The second kappa shape index (κ2) is 10.4. The normalized spacial score (nSPS) is 19.2. The summed E-state index contributed by atoms with van der Waals surface area (Å²) in [6, 6.07) is 7.43. The first-order valence-corrected chi connectivity index (χ1v) is 12.1. The molecule has 4 rings (SSSR count). The molecule has 1 saturated heterocycles. The zero-order valence-corrected chi connectivity index (χ0v) is 19.8. The van der Waals surface area contributed by atoms with Gasteiger partial charge >= 0.3 is 0 Å². The number of hydrogen-bond acceptors (Lipinski definition) is 5. The zero-order chi connectivity index (χ0) is 22.5. The molecule has 1 atom stereocenters. The topological polar surface area (TPSA) is 79.5 Å². The molecule has 8 heteroatoms. The van der Waals surface area contributed by atoms with E-state index in [4.69, 9.17) is 4.52 Å². The van der Waals surface area contributed by atoms with Crippen molar-refractivity contribution in [2.24, 2.45) is 5.92 Å². The first kappa shape index (κ1) is 22.7. The Kier molecular flexibility index (Phi) is 7.40. The minimum absolute atomic E-state index is 0.0318. The molecular formula is C24H29BrN4O3. The molecule has 170 valence electrons. The van der Waals surface area contributed by atoms with Gasteiger partial charge in [0.25, 0.3) is 0 Å². The quantitative estimate of drug-likeness (QED) is 0.512. The number of likely N-dealkylation sites (tertiary alicyclic amines) is 1. The van der Waals surface area contributed by atoms with Gasteiger partial charge in [0.2, 0.25) is 23.5 Å². The molecule has 7 nitrogen and oxygen atoms in total. The Balaban J connectivity index is 1.48. The van der Waals surface area contributed by atoms with Crippen molar-refractivity contribution in [3.05, 3.63) is 47.3 Å². The maximum atomic E-state index is 13.3. The van der Waals surface area contributed by atoms with Crippen molar-refractivity contribution in [2.45, 2.75) is 51.0 Å². The van der Waals surface area contributed by atoms with Crippen LogP contribution in [0.15, 0.2) is 45.9 Å². The molecule has 2 heterocycles. The summed E-state index contributed by atoms with van der Waals surface area (Å²) in [5.74, 6) is 0.985. The molecule has 2 fully saturated rings. The van der Waals surface area contributed by atoms with Crippen LogP contribution >= 0.6 is 15.9 Å². The number of amides is 2. The third-order valence-electron chi connectivity index (χ3n) is 6.34. The van der Waals surface area contributed by atoms with Crippen LogP contribution in [-0.2, 0) is 9.59 Å². The Morgan fingerprint density at radius 2 is 1.88 bits per heavy atom. The van der Waals surface area contributed by atoms with E-state index in [0.29, 0.717) is 24.8 Å². The van der Waals surface area contributed by atoms with Crippen molar-refractivity contribution in [3.8, 4) is 11.4 Å². The maximum absolute atomic E-state index is 13.3. The second-order valence-electron chi connectivity index (χ2n) is 8.55. The van der Waals surface area contributed by atoms with Crippen molar-refractivity contribution in [2.75, 3.05) is 19.6 Å². The van der Waals surface area contributed by atoms with Crippen LogP contribution in [0.4, 0.5) is 0 Å². The van der Waals surface area contributed by atoms with Crippen LogP contribution in [0.25, 0.3) is 11.4 Å². The van der Waals surface area contributed by atoms with E-state index >= 15 is 0 Å². The Hall–Kier alpha value is -2.48.